The lowest BCUT2D eigenvalue weighted by Crippen LogP contribution is -2.23. The minimum absolute atomic E-state index is 0.0941. The minimum Gasteiger partial charge on any atom is -0.481 e. The van der Waals surface area contributed by atoms with Crippen LogP contribution in [0.1, 0.15) is 17.7 Å². The normalized spacial score (nSPS) is 14.7. The van der Waals surface area contributed by atoms with E-state index in [1.807, 2.05) is 20.3 Å². The van der Waals surface area contributed by atoms with Gasteiger partial charge >= 0.3 is 5.97 Å². The van der Waals surface area contributed by atoms with Gasteiger partial charge in [0.15, 0.2) is 0 Å². The van der Waals surface area contributed by atoms with Crippen LogP contribution in [0.2, 0.25) is 0 Å². The lowest BCUT2D eigenvalue weighted by Gasteiger charge is -2.16. The summed E-state index contributed by atoms with van der Waals surface area (Å²) in [5.74, 6) is -0.210. The molecular weight excluding hydrogens is 220 g/mol. The highest BCUT2D eigenvalue weighted by Gasteiger charge is 2.18. The summed E-state index contributed by atoms with van der Waals surface area (Å²) in [6.45, 7) is 2.13. The Morgan fingerprint density at radius 3 is 3.06 bits per heavy atom. The molecule has 1 aliphatic rings. The van der Waals surface area contributed by atoms with Gasteiger partial charge in [-0.1, -0.05) is 0 Å². The molecule has 2 rings (SSSR count). The molecule has 6 nitrogen and oxygen atoms in total. The number of aliphatic carboxylic acids is 1. The van der Waals surface area contributed by atoms with E-state index in [4.69, 9.17) is 5.11 Å². The van der Waals surface area contributed by atoms with Crippen LogP contribution in [0.3, 0.4) is 0 Å². The maximum Gasteiger partial charge on any atom is 0.305 e. The van der Waals surface area contributed by atoms with Crippen molar-refractivity contribution in [3.05, 3.63) is 17.5 Å². The quantitative estimate of drug-likeness (QED) is 0.812. The number of rotatable bonds is 4. The van der Waals surface area contributed by atoms with E-state index in [-0.39, 0.29) is 6.42 Å². The van der Waals surface area contributed by atoms with Crippen LogP contribution in [0.15, 0.2) is 6.20 Å². The topological polar surface area (TPSA) is 69.6 Å². The average Bonchev–Trinajstić information content (AvgIpc) is 2.64. The first-order valence-electron chi connectivity index (χ1n) is 5.52. The fourth-order valence-corrected chi connectivity index (χ4v) is 1.85. The van der Waals surface area contributed by atoms with E-state index < -0.39 is 5.97 Å². The molecule has 0 saturated carbocycles. The van der Waals surface area contributed by atoms with Gasteiger partial charge in [-0.25, -0.2) is 9.97 Å². The monoisotopic (exact) mass is 236 g/mol. The van der Waals surface area contributed by atoms with Crippen LogP contribution in [0, 0.1) is 0 Å². The number of carboxylic acids is 1. The summed E-state index contributed by atoms with van der Waals surface area (Å²) in [7, 11) is 3.85. The number of anilines is 1. The molecule has 1 aromatic rings. The third-order valence-corrected chi connectivity index (χ3v) is 2.80. The van der Waals surface area contributed by atoms with Crippen molar-refractivity contribution >= 4 is 11.9 Å². The van der Waals surface area contributed by atoms with Gasteiger partial charge in [-0.15, -0.1) is 0 Å². The summed E-state index contributed by atoms with van der Waals surface area (Å²) in [6.07, 6.45) is 1.93. The van der Waals surface area contributed by atoms with Gasteiger partial charge < -0.3 is 10.0 Å². The fourth-order valence-electron chi connectivity index (χ4n) is 1.85. The Hall–Kier alpha value is -1.69. The molecule has 0 bridgehead atoms. The van der Waals surface area contributed by atoms with Gasteiger partial charge in [-0.05, 0) is 7.05 Å². The standard InChI is InChI=1S/C11H16N4O2/c1-14-6-8-5-12-11(13-9(8)7-14)15(2)4-3-10(16)17/h5H,3-4,6-7H2,1-2H3,(H,16,17). The third kappa shape index (κ3) is 2.71. The molecule has 0 radical (unpaired) electrons. The molecule has 0 aromatic carbocycles. The maximum absolute atomic E-state index is 10.5. The Morgan fingerprint density at radius 1 is 1.59 bits per heavy atom. The fraction of sp³-hybridized carbons (Fsp3) is 0.545. The molecule has 0 atom stereocenters. The predicted octanol–water partition coefficient (Wildman–Crippen LogP) is 0.333. The Labute approximate surface area is 99.9 Å². The van der Waals surface area contributed by atoms with Crippen LogP contribution in [-0.2, 0) is 17.9 Å². The molecule has 1 aromatic heterocycles. The lowest BCUT2D eigenvalue weighted by molar-refractivity contribution is -0.136. The molecule has 0 spiro atoms. The van der Waals surface area contributed by atoms with Crippen molar-refractivity contribution < 1.29 is 9.90 Å². The van der Waals surface area contributed by atoms with Crippen molar-refractivity contribution in [2.24, 2.45) is 0 Å². The molecule has 0 saturated heterocycles. The summed E-state index contributed by atoms with van der Waals surface area (Å²) in [4.78, 5) is 23.1. The zero-order valence-corrected chi connectivity index (χ0v) is 10.1. The van der Waals surface area contributed by atoms with Crippen molar-refractivity contribution in [1.82, 2.24) is 14.9 Å². The van der Waals surface area contributed by atoms with Crippen LogP contribution in [0.5, 0.6) is 0 Å². The Kier molecular flexibility index (Phi) is 3.23. The molecular formula is C11H16N4O2. The maximum atomic E-state index is 10.5. The predicted molar refractivity (Wildman–Crippen MR) is 62.7 cm³/mol. The zero-order chi connectivity index (χ0) is 12.4. The van der Waals surface area contributed by atoms with Crippen LogP contribution >= 0.6 is 0 Å². The molecule has 1 aliphatic heterocycles. The number of carboxylic acid groups (broad SMARTS) is 1. The summed E-state index contributed by atoms with van der Waals surface area (Å²) in [5.41, 5.74) is 2.20. The third-order valence-electron chi connectivity index (χ3n) is 2.80. The van der Waals surface area contributed by atoms with Gasteiger partial charge in [0.05, 0.1) is 12.1 Å². The number of hydrogen-bond acceptors (Lipinski definition) is 5. The second kappa shape index (κ2) is 4.67. The Morgan fingerprint density at radius 2 is 2.35 bits per heavy atom. The Balaban J connectivity index is 2.07. The molecule has 92 valence electrons. The molecule has 2 heterocycles. The highest BCUT2D eigenvalue weighted by atomic mass is 16.4. The second-order valence-corrected chi connectivity index (χ2v) is 4.38. The Bertz CT molecular complexity index is 435. The smallest absolute Gasteiger partial charge is 0.305 e. The molecule has 1 N–H and O–H groups in total. The van der Waals surface area contributed by atoms with E-state index in [0.717, 1.165) is 24.3 Å². The molecule has 0 amide bonds. The highest BCUT2D eigenvalue weighted by Crippen LogP contribution is 2.20. The summed E-state index contributed by atoms with van der Waals surface area (Å²) >= 11 is 0. The van der Waals surface area contributed by atoms with E-state index in [0.29, 0.717) is 12.5 Å². The van der Waals surface area contributed by atoms with Crippen molar-refractivity contribution in [2.75, 3.05) is 25.5 Å². The van der Waals surface area contributed by atoms with Gasteiger partial charge in [0, 0.05) is 38.4 Å². The van der Waals surface area contributed by atoms with Gasteiger partial charge in [-0.3, -0.25) is 9.69 Å². The second-order valence-electron chi connectivity index (χ2n) is 4.38. The van der Waals surface area contributed by atoms with Gasteiger partial charge in [0.1, 0.15) is 0 Å². The van der Waals surface area contributed by atoms with E-state index in [1.165, 1.54) is 0 Å². The van der Waals surface area contributed by atoms with Crippen molar-refractivity contribution in [2.45, 2.75) is 19.5 Å². The number of carbonyl (C=O) groups is 1. The molecule has 6 heteroatoms. The first-order valence-corrected chi connectivity index (χ1v) is 5.52. The average molecular weight is 236 g/mol. The van der Waals surface area contributed by atoms with Crippen LogP contribution in [-0.4, -0.2) is 46.6 Å². The van der Waals surface area contributed by atoms with Crippen molar-refractivity contribution in [3.8, 4) is 0 Å². The SMILES string of the molecule is CN1Cc2cnc(N(C)CCC(=O)O)nc2C1. The van der Waals surface area contributed by atoms with E-state index >= 15 is 0 Å². The number of fused-ring (bicyclic) bond motifs is 1. The molecule has 0 aliphatic carbocycles. The zero-order valence-electron chi connectivity index (χ0n) is 10.1. The van der Waals surface area contributed by atoms with Crippen LogP contribution < -0.4 is 4.90 Å². The largest absolute Gasteiger partial charge is 0.481 e. The van der Waals surface area contributed by atoms with Gasteiger partial charge in [-0.2, -0.15) is 0 Å². The van der Waals surface area contributed by atoms with Gasteiger partial charge in [0.25, 0.3) is 0 Å². The first kappa shape index (κ1) is 11.8. The molecule has 0 unspecified atom stereocenters. The summed E-state index contributed by atoms with van der Waals surface area (Å²) in [6, 6.07) is 0. The summed E-state index contributed by atoms with van der Waals surface area (Å²) < 4.78 is 0. The van der Waals surface area contributed by atoms with Crippen LogP contribution in [0.25, 0.3) is 0 Å². The van der Waals surface area contributed by atoms with E-state index in [9.17, 15) is 4.79 Å². The molecule has 17 heavy (non-hydrogen) atoms. The number of nitrogens with zero attached hydrogens (tertiary/aromatic N) is 4. The molecule has 0 fully saturated rings. The lowest BCUT2D eigenvalue weighted by atomic mass is 10.3. The van der Waals surface area contributed by atoms with E-state index in [2.05, 4.69) is 14.9 Å². The summed E-state index contributed by atoms with van der Waals surface area (Å²) in [5, 5.41) is 8.62. The minimum atomic E-state index is -0.808. The van der Waals surface area contributed by atoms with Crippen molar-refractivity contribution in [1.29, 1.82) is 0 Å². The number of hydrogen-bond donors (Lipinski definition) is 1. The number of aromatic nitrogens is 2. The van der Waals surface area contributed by atoms with Crippen LogP contribution in [0.4, 0.5) is 5.95 Å². The van der Waals surface area contributed by atoms with Gasteiger partial charge in [0.2, 0.25) is 5.95 Å². The van der Waals surface area contributed by atoms with Crippen molar-refractivity contribution in [3.63, 3.8) is 0 Å². The highest BCUT2D eigenvalue weighted by molar-refractivity contribution is 5.67. The first-order chi connectivity index (χ1) is 8.06. The van der Waals surface area contributed by atoms with E-state index in [1.54, 1.807) is 4.90 Å².